The van der Waals surface area contributed by atoms with E-state index in [-0.39, 0.29) is 12.1 Å². The number of H-pyrrole nitrogens is 1. The first-order valence-electron chi connectivity index (χ1n) is 5.96. The average Bonchev–Trinajstić information content (AvgIpc) is 2.85. The number of aromatic amines is 1. The molecular formula is C12H19N3O2. The monoisotopic (exact) mass is 237 g/mol. The first-order chi connectivity index (χ1) is 7.97. The molecule has 0 aromatic carbocycles. The number of hydrogen-bond acceptors (Lipinski definition) is 3. The molecule has 0 unspecified atom stereocenters. The number of carbonyl (C=O) groups is 1. The lowest BCUT2D eigenvalue weighted by Gasteiger charge is -2.28. The van der Waals surface area contributed by atoms with Gasteiger partial charge in [0, 0.05) is 12.7 Å². The predicted molar refractivity (Wildman–Crippen MR) is 63.5 cm³/mol. The predicted octanol–water partition coefficient (Wildman–Crippen LogP) is 2.48. The molecule has 0 aliphatic carbocycles. The number of nitrogens with zero attached hydrogens (tertiary/aromatic N) is 2. The fourth-order valence-electron chi connectivity index (χ4n) is 2.08. The second-order valence-corrected chi connectivity index (χ2v) is 5.34. The number of nitrogens with one attached hydrogen (secondary N) is 1. The van der Waals surface area contributed by atoms with Crippen molar-refractivity contribution in [2.75, 3.05) is 6.54 Å². The summed E-state index contributed by atoms with van der Waals surface area (Å²) in [5, 5.41) is 6.86. The number of carbonyl (C=O) groups excluding carboxylic acids is 1. The van der Waals surface area contributed by atoms with E-state index in [1.165, 1.54) is 0 Å². The second-order valence-electron chi connectivity index (χ2n) is 5.34. The lowest BCUT2D eigenvalue weighted by molar-refractivity contribution is 0.0221. The Morgan fingerprint density at radius 3 is 2.94 bits per heavy atom. The molecule has 94 valence electrons. The summed E-state index contributed by atoms with van der Waals surface area (Å²) >= 11 is 0. The van der Waals surface area contributed by atoms with Crippen LogP contribution in [0.5, 0.6) is 0 Å². The van der Waals surface area contributed by atoms with Gasteiger partial charge in [0.05, 0.1) is 11.7 Å². The Morgan fingerprint density at radius 1 is 1.59 bits per heavy atom. The highest BCUT2D eigenvalue weighted by atomic mass is 16.6. The van der Waals surface area contributed by atoms with Crippen molar-refractivity contribution in [3.05, 3.63) is 18.0 Å². The molecule has 2 heterocycles. The van der Waals surface area contributed by atoms with Crippen LogP contribution >= 0.6 is 0 Å². The quantitative estimate of drug-likeness (QED) is 0.816. The molecule has 1 aromatic rings. The molecule has 1 aromatic heterocycles. The minimum absolute atomic E-state index is 0.0762. The van der Waals surface area contributed by atoms with Gasteiger partial charge in [-0.3, -0.25) is 10.00 Å². The molecule has 0 spiro atoms. The third-order valence-electron chi connectivity index (χ3n) is 2.76. The standard InChI is InChI=1S/C12H19N3O2/c1-12(2,3)17-11(16)15-8-4-5-10(15)9-6-7-13-14-9/h6-7,10H,4-5,8H2,1-3H3,(H,13,14)/t10-/m0/s1. The molecule has 5 heteroatoms. The smallest absolute Gasteiger partial charge is 0.410 e. The Hall–Kier alpha value is -1.52. The van der Waals surface area contributed by atoms with Crippen molar-refractivity contribution in [1.82, 2.24) is 15.1 Å². The molecule has 1 amide bonds. The minimum Gasteiger partial charge on any atom is -0.444 e. The zero-order valence-electron chi connectivity index (χ0n) is 10.6. The zero-order chi connectivity index (χ0) is 12.5. The van der Waals surface area contributed by atoms with Crippen molar-refractivity contribution in [3.63, 3.8) is 0 Å². The van der Waals surface area contributed by atoms with Crippen molar-refractivity contribution in [2.24, 2.45) is 0 Å². The molecular weight excluding hydrogens is 218 g/mol. The Kier molecular flexibility index (Phi) is 3.09. The lowest BCUT2D eigenvalue weighted by Crippen LogP contribution is -2.36. The minimum atomic E-state index is -0.446. The normalized spacial score (nSPS) is 20.6. The van der Waals surface area contributed by atoms with E-state index in [4.69, 9.17) is 4.74 Å². The van der Waals surface area contributed by atoms with Crippen LogP contribution in [0, 0.1) is 0 Å². The van der Waals surface area contributed by atoms with Crippen LogP contribution in [0.1, 0.15) is 45.3 Å². The van der Waals surface area contributed by atoms with E-state index in [1.54, 1.807) is 11.1 Å². The SMILES string of the molecule is CC(C)(C)OC(=O)N1CCC[C@H]1c1ccn[nH]1. The van der Waals surface area contributed by atoms with Gasteiger partial charge in [-0.05, 0) is 39.7 Å². The summed E-state index contributed by atoms with van der Waals surface area (Å²) in [7, 11) is 0. The van der Waals surface area contributed by atoms with Crippen LogP contribution in [0.25, 0.3) is 0 Å². The van der Waals surface area contributed by atoms with E-state index in [0.717, 1.165) is 25.1 Å². The molecule has 1 atom stereocenters. The topological polar surface area (TPSA) is 58.2 Å². The molecule has 17 heavy (non-hydrogen) atoms. The van der Waals surface area contributed by atoms with Gasteiger partial charge in [-0.25, -0.2) is 4.79 Å². The Labute approximate surface area is 101 Å². The van der Waals surface area contributed by atoms with Crippen LogP contribution in [0.3, 0.4) is 0 Å². The van der Waals surface area contributed by atoms with Crippen LogP contribution in [0.15, 0.2) is 12.3 Å². The third kappa shape index (κ3) is 2.78. The van der Waals surface area contributed by atoms with E-state index < -0.39 is 5.60 Å². The van der Waals surface area contributed by atoms with Gasteiger partial charge in [0.1, 0.15) is 5.60 Å². The number of rotatable bonds is 1. The highest BCUT2D eigenvalue weighted by Gasteiger charge is 2.33. The van der Waals surface area contributed by atoms with E-state index >= 15 is 0 Å². The molecule has 0 saturated carbocycles. The Balaban J connectivity index is 2.07. The van der Waals surface area contributed by atoms with Crippen molar-refractivity contribution in [3.8, 4) is 0 Å². The zero-order valence-corrected chi connectivity index (χ0v) is 10.6. The molecule has 1 saturated heterocycles. The van der Waals surface area contributed by atoms with Crippen molar-refractivity contribution in [1.29, 1.82) is 0 Å². The van der Waals surface area contributed by atoms with Crippen LogP contribution in [-0.4, -0.2) is 33.3 Å². The summed E-state index contributed by atoms with van der Waals surface area (Å²) < 4.78 is 5.40. The fourth-order valence-corrected chi connectivity index (χ4v) is 2.08. The van der Waals surface area contributed by atoms with E-state index in [1.807, 2.05) is 26.8 Å². The van der Waals surface area contributed by atoms with Gasteiger partial charge in [-0.2, -0.15) is 5.10 Å². The van der Waals surface area contributed by atoms with Gasteiger partial charge < -0.3 is 4.74 Å². The highest BCUT2D eigenvalue weighted by molar-refractivity contribution is 5.69. The van der Waals surface area contributed by atoms with Crippen molar-refractivity contribution < 1.29 is 9.53 Å². The van der Waals surface area contributed by atoms with E-state index in [9.17, 15) is 4.79 Å². The second kappa shape index (κ2) is 4.39. The number of amides is 1. The average molecular weight is 237 g/mol. The number of aromatic nitrogens is 2. The van der Waals surface area contributed by atoms with Crippen LogP contribution in [0.4, 0.5) is 4.79 Å². The lowest BCUT2D eigenvalue weighted by atomic mass is 10.1. The summed E-state index contributed by atoms with van der Waals surface area (Å²) in [6.07, 6.45) is 3.43. The highest BCUT2D eigenvalue weighted by Crippen LogP contribution is 2.31. The number of ether oxygens (including phenoxy) is 1. The Bertz CT molecular complexity index is 381. The molecule has 0 radical (unpaired) electrons. The molecule has 1 fully saturated rings. The summed E-state index contributed by atoms with van der Waals surface area (Å²) in [6, 6.07) is 1.99. The van der Waals surface area contributed by atoms with Crippen LogP contribution in [-0.2, 0) is 4.74 Å². The first-order valence-corrected chi connectivity index (χ1v) is 5.96. The summed E-state index contributed by atoms with van der Waals surface area (Å²) in [4.78, 5) is 13.8. The number of hydrogen-bond donors (Lipinski definition) is 1. The molecule has 1 aliphatic rings. The van der Waals surface area contributed by atoms with Gasteiger partial charge in [-0.15, -0.1) is 0 Å². The molecule has 2 rings (SSSR count). The summed E-state index contributed by atoms with van der Waals surface area (Å²) in [5.74, 6) is 0. The van der Waals surface area contributed by atoms with Gasteiger partial charge in [0.15, 0.2) is 0 Å². The maximum atomic E-state index is 12.0. The largest absolute Gasteiger partial charge is 0.444 e. The van der Waals surface area contributed by atoms with Crippen LogP contribution in [0.2, 0.25) is 0 Å². The van der Waals surface area contributed by atoms with Gasteiger partial charge in [-0.1, -0.05) is 0 Å². The van der Waals surface area contributed by atoms with Crippen molar-refractivity contribution in [2.45, 2.75) is 45.3 Å². The molecule has 5 nitrogen and oxygen atoms in total. The van der Waals surface area contributed by atoms with Gasteiger partial charge >= 0.3 is 6.09 Å². The fraction of sp³-hybridized carbons (Fsp3) is 0.667. The third-order valence-corrected chi connectivity index (χ3v) is 2.76. The summed E-state index contributed by atoms with van der Waals surface area (Å²) in [6.45, 7) is 6.39. The first kappa shape index (κ1) is 12.0. The summed E-state index contributed by atoms with van der Waals surface area (Å²) in [5.41, 5.74) is 0.534. The van der Waals surface area contributed by atoms with Gasteiger partial charge in [0.25, 0.3) is 0 Å². The molecule has 1 aliphatic heterocycles. The van der Waals surface area contributed by atoms with E-state index in [0.29, 0.717) is 0 Å². The van der Waals surface area contributed by atoms with Crippen molar-refractivity contribution >= 4 is 6.09 Å². The van der Waals surface area contributed by atoms with E-state index in [2.05, 4.69) is 10.2 Å². The maximum absolute atomic E-state index is 12.0. The van der Waals surface area contributed by atoms with Crippen LogP contribution < -0.4 is 0 Å². The number of likely N-dealkylation sites (tertiary alicyclic amines) is 1. The molecule has 1 N–H and O–H groups in total. The van der Waals surface area contributed by atoms with Gasteiger partial charge in [0.2, 0.25) is 0 Å². The molecule has 0 bridgehead atoms. The Morgan fingerprint density at radius 2 is 2.35 bits per heavy atom. The maximum Gasteiger partial charge on any atom is 0.410 e.